The molecule has 0 amide bonds. The molecule has 0 bridgehead atoms. The van der Waals surface area contributed by atoms with Crippen molar-refractivity contribution in [2.75, 3.05) is 99.1 Å². The predicted octanol–water partition coefficient (Wildman–Crippen LogP) is 3.74. The van der Waals surface area contributed by atoms with Crippen molar-refractivity contribution < 1.29 is 52.2 Å². The van der Waals surface area contributed by atoms with Crippen LogP contribution >= 0.6 is 0 Å². The molecule has 0 aromatic heterocycles. The summed E-state index contributed by atoms with van der Waals surface area (Å²) in [5.41, 5.74) is -0.509. The number of unbranched alkanes of at least 4 members (excludes halogenated alkanes) is 5. The summed E-state index contributed by atoms with van der Waals surface area (Å²) in [5, 5.41) is 0. The summed E-state index contributed by atoms with van der Waals surface area (Å²) in [4.78, 5) is 23.1. The van der Waals surface area contributed by atoms with E-state index < -0.39 is 5.60 Å². The van der Waals surface area contributed by atoms with Crippen molar-refractivity contribution in [1.29, 1.82) is 0 Å². The van der Waals surface area contributed by atoms with Crippen LogP contribution < -0.4 is 0 Å². The third-order valence-electron chi connectivity index (χ3n) is 5.10. The highest BCUT2D eigenvalue weighted by Crippen LogP contribution is 2.08. The summed E-state index contributed by atoms with van der Waals surface area (Å²) in [6.45, 7) is 13.6. The van der Waals surface area contributed by atoms with Gasteiger partial charge in [-0.15, -0.1) is 0 Å². The molecule has 0 rings (SSSR count). The number of rotatable bonds is 30. The molecule has 0 heterocycles. The Morgan fingerprint density at radius 2 is 0.850 bits per heavy atom. The molecule has 0 aliphatic rings. The lowest BCUT2D eigenvalue weighted by Gasteiger charge is -2.19. The molecule has 11 heteroatoms. The van der Waals surface area contributed by atoms with Gasteiger partial charge in [-0.05, 0) is 27.2 Å². The first-order valence-corrected chi connectivity index (χ1v) is 14.8. The zero-order valence-corrected chi connectivity index (χ0v) is 25.5. The van der Waals surface area contributed by atoms with E-state index in [0.717, 1.165) is 12.8 Å². The first-order chi connectivity index (χ1) is 19.3. The van der Waals surface area contributed by atoms with E-state index in [2.05, 4.69) is 6.92 Å². The molecular weight excluding hydrogens is 524 g/mol. The van der Waals surface area contributed by atoms with Crippen LogP contribution in [0.3, 0.4) is 0 Å². The molecule has 0 aliphatic carbocycles. The quantitative estimate of drug-likeness (QED) is 0.0913. The molecular formula is C29H56O11. The van der Waals surface area contributed by atoms with Crippen molar-refractivity contribution in [2.24, 2.45) is 0 Å². The van der Waals surface area contributed by atoms with Crippen LogP contribution in [0.1, 0.15) is 72.6 Å². The highest BCUT2D eigenvalue weighted by molar-refractivity contribution is 5.71. The van der Waals surface area contributed by atoms with Gasteiger partial charge < -0.3 is 42.6 Å². The molecule has 0 saturated carbocycles. The van der Waals surface area contributed by atoms with Crippen molar-refractivity contribution in [3.8, 4) is 0 Å². The van der Waals surface area contributed by atoms with E-state index in [-0.39, 0.29) is 25.2 Å². The normalized spacial score (nSPS) is 11.6. The first kappa shape index (κ1) is 38.7. The van der Waals surface area contributed by atoms with Crippen LogP contribution in [0.4, 0.5) is 0 Å². The fourth-order valence-electron chi connectivity index (χ4n) is 3.18. The van der Waals surface area contributed by atoms with Gasteiger partial charge in [0.15, 0.2) is 0 Å². The topological polar surface area (TPSA) is 117 Å². The molecule has 0 aromatic carbocycles. The second-order valence-electron chi connectivity index (χ2n) is 10.1. The number of carbonyl (C=O) groups is 2. The van der Waals surface area contributed by atoms with Crippen LogP contribution in [-0.4, -0.2) is 117 Å². The lowest BCUT2D eigenvalue weighted by atomic mass is 10.1. The Hall–Kier alpha value is -1.34. The van der Waals surface area contributed by atoms with Gasteiger partial charge in [0, 0.05) is 6.42 Å². The zero-order valence-electron chi connectivity index (χ0n) is 25.5. The number of carbonyl (C=O) groups excluding carboxylic acids is 2. The van der Waals surface area contributed by atoms with Crippen LogP contribution in [0, 0.1) is 0 Å². The Labute approximate surface area is 241 Å². The van der Waals surface area contributed by atoms with Crippen LogP contribution in [0.25, 0.3) is 0 Å². The molecule has 0 saturated heterocycles. The zero-order chi connectivity index (χ0) is 29.6. The SMILES string of the molecule is CCCCCCCCC(=O)OCCOCCOCCOCCOCCOCCOCCOCC(=O)OC(C)(C)C. The van der Waals surface area contributed by atoms with Gasteiger partial charge >= 0.3 is 11.9 Å². The fraction of sp³-hybridized carbons (Fsp3) is 0.931. The standard InChI is InChI=1S/C29H56O11/c1-5-6-7-8-9-10-11-27(30)39-25-24-37-21-20-35-17-16-33-13-12-32-14-15-34-18-19-36-22-23-38-26-28(31)40-29(2,3)4/h5-26H2,1-4H3. The van der Waals surface area contributed by atoms with E-state index in [4.69, 9.17) is 42.6 Å². The minimum absolute atomic E-state index is 0.0826. The number of ether oxygens (including phenoxy) is 9. The van der Waals surface area contributed by atoms with Gasteiger partial charge in [-0.1, -0.05) is 39.0 Å². The third kappa shape index (κ3) is 32.9. The molecule has 0 aromatic rings. The highest BCUT2D eigenvalue weighted by Gasteiger charge is 2.15. The van der Waals surface area contributed by atoms with Crippen LogP contribution in [0.2, 0.25) is 0 Å². The van der Waals surface area contributed by atoms with Gasteiger partial charge in [0.25, 0.3) is 0 Å². The molecule has 40 heavy (non-hydrogen) atoms. The van der Waals surface area contributed by atoms with E-state index in [0.29, 0.717) is 92.3 Å². The molecule has 0 spiro atoms. The lowest BCUT2D eigenvalue weighted by Crippen LogP contribution is -2.27. The van der Waals surface area contributed by atoms with Crippen molar-refractivity contribution in [3.05, 3.63) is 0 Å². The molecule has 0 N–H and O–H groups in total. The maximum absolute atomic E-state index is 11.6. The van der Waals surface area contributed by atoms with E-state index in [9.17, 15) is 9.59 Å². The minimum atomic E-state index is -0.509. The Morgan fingerprint density at radius 3 is 1.27 bits per heavy atom. The molecule has 11 nitrogen and oxygen atoms in total. The first-order valence-electron chi connectivity index (χ1n) is 14.8. The van der Waals surface area contributed by atoms with Crippen LogP contribution in [-0.2, 0) is 52.2 Å². The molecule has 238 valence electrons. The summed E-state index contributed by atoms with van der Waals surface area (Å²) in [6, 6.07) is 0. The van der Waals surface area contributed by atoms with E-state index in [1.165, 1.54) is 25.7 Å². The average Bonchev–Trinajstić information content (AvgIpc) is 2.90. The number of esters is 2. The Bertz CT molecular complexity index is 567. The van der Waals surface area contributed by atoms with Gasteiger partial charge in [-0.25, -0.2) is 4.79 Å². The minimum Gasteiger partial charge on any atom is -0.463 e. The predicted molar refractivity (Wildman–Crippen MR) is 151 cm³/mol. The van der Waals surface area contributed by atoms with Gasteiger partial charge in [-0.2, -0.15) is 0 Å². The lowest BCUT2D eigenvalue weighted by molar-refractivity contribution is -0.160. The Morgan fingerprint density at radius 1 is 0.475 bits per heavy atom. The maximum atomic E-state index is 11.6. The largest absolute Gasteiger partial charge is 0.463 e. The summed E-state index contributed by atoms with van der Waals surface area (Å²) in [5.74, 6) is -0.534. The Balaban J connectivity index is 3.16. The summed E-state index contributed by atoms with van der Waals surface area (Å²) < 4.78 is 48.0. The summed E-state index contributed by atoms with van der Waals surface area (Å²) in [6.07, 6.45) is 7.41. The maximum Gasteiger partial charge on any atom is 0.332 e. The second kappa shape index (κ2) is 29.2. The van der Waals surface area contributed by atoms with E-state index >= 15 is 0 Å². The fourth-order valence-corrected chi connectivity index (χ4v) is 3.18. The van der Waals surface area contributed by atoms with Crippen LogP contribution in [0.5, 0.6) is 0 Å². The number of hydrogen-bond acceptors (Lipinski definition) is 11. The van der Waals surface area contributed by atoms with Crippen LogP contribution in [0.15, 0.2) is 0 Å². The number of hydrogen-bond donors (Lipinski definition) is 0. The smallest absolute Gasteiger partial charge is 0.332 e. The third-order valence-corrected chi connectivity index (χ3v) is 5.10. The van der Waals surface area contributed by atoms with Gasteiger partial charge in [-0.3, -0.25) is 4.79 Å². The molecule has 0 radical (unpaired) electrons. The Kier molecular flexibility index (Phi) is 28.2. The van der Waals surface area contributed by atoms with Gasteiger partial charge in [0.05, 0.1) is 85.9 Å². The summed E-state index contributed by atoms with van der Waals surface area (Å²) >= 11 is 0. The van der Waals surface area contributed by atoms with Crippen molar-refractivity contribution in [3.63, 3.8) is 0 Å². The van der Waals surface area contributed by atoms with Gasteiger partial charge in [0.2, 0.25) is 0 Å². The molecule has 0 atom stereocenters. The van der Waals surface area contributed by atoms with E-state index in [1.54, 1.807) is 0 Å². The second-order valence-corrected chi connectivity index (χ2v) is 10.1. The van der Waals surface area contributed by atoms with Crippen molar-refractivity contribution in [1.82, 2.24) is 0 Å². The van der Waals surface area contributed by atoms with E-state index in [1.807, 2.05) is 20.8 Å². The van der Waals surface area contributed by atoms with Gasteiger partial charge in [0.1, 0.15) is 18.8 Å². The molecule has 0 unspecified atom stereocenters. The summed E-state index contributed by atoms with van der Waals surface area (Å²) in [7, 11) is 0. The average molecular weight is 581 g/mol. The molecule has 0 aliphatic heterocycles. The highest BCUT2D eigenvalue weighted by atomic mass is 16.6. The van der Waals surface area contributed by atoms with Crippen molar-refractivity contribution >= 4 is 11.9 Å². The molecule has 0 fully saturated rings. The monoisotopic (exact) mass is 580 g/mol. The van der Waals surface area contributed by atoms with Crippen molar-refractivity contribution in [2.45, 2.75) is 78.2 Å².